The summed E-state index contributed by atoms with van der Waals surface area (Å²) in [5, 5.41) is 9.88. The molecule has 2 saturated heterocycles. The number of hydrogen-bond acceptors (Lipinski definition) is 4. The fourth-order valence-electron chi connectivity index (χ4n) is 4.67. The van der Waals surface area contributed by atoms with Gasteiger partial charge in [-0.1, -0.05) is 18.2 Å². The van der Waals surface area contributed by atoms with Crippen LogP contribution in [0.4, 0.5) is 4.39 Å². The minimum Gasteiger partial charge on any atom is -0.484 e. The minimum absolute atomic E-state index is 0.0530. The number of nitrogens with zero attached hydrogens (tertiary/aromatic N) is 2. The van der Waals surface area contributed by atoms with E-state index in [9.17, 15) is 19.1 Å². The topological polar surface area (TPSA) is 70.1 Å². The summed E-state index contributed by atoms with van der Waals surface area (Å²) >= 11 is 0. The third-order valence-corrected chi connectivity index (χ3v) is 6.46. The first-order valence-electron chi connectivity index (χ1n) is 10.6. The molecule has 164 valence electrons. The number of ether oxygens (including phenoxy) is 1. The molecule has 2 heterocycles. The van der Waals surface area contributed by atoms with Gasteiger partial charge in [0.1, 0.15) is 11.6 Å². The number of hydrogen-bond donors (Lipinski definition) is 1. The molecule has 1 spiro atoms. The molecule has 1 N–H and O–H groups in total. The SMILES string of the molecule is O=C(COc1ccc(F)cc1)N1CCC2(CC1)CC(CO)N(C(=O)c1ccccc1)C2. The first-order chi connectivity index (χ1) is 15.0. The van der Waals surface area contributed by atoms with Crippen molar-refractivity contribution >= 4 is 11.8 Å². The van der Waals surface area contributed by atoms with E-state index >= 15 is 0 Å². The summed E-state index contributed by atoms with van der Waals surface area (Å²) < 4.78 is 18.5. The summed E-state index contributed by atoms with van der Waals surface area (Å²) in [5.41, 5.74) is 0.551. The molecule has 0 aliphatic carbocycles. The van der Waals surface area contributed by atoms with Crippen molar-refractivity contribution < 1.29 is 23.8 Å². The molecular formula is C24H27FN2O4. The molecule has 7 heteroatoms. The Bertz CT molecular complexity index is 911. The van der Waals surface area contributed by atoms with Gasteiger partial charge in [0.25, 0.3) is 11.8 Å². The number of rotatable bonds is 5. The van der Waals surface area contributed by atoms with Gasteiger partial charge in [-0.15, -0.1) is 0 Å². The third-order valence-electron chi connectivity index (χ3n) is 6.46. The van der Waals surface area contributed by atoms with Crippen molar-refractivity contribution in [2.75, 3.05) is 32.8 Å². The average molecular weight is 426 g/mol. The second kappa shape index (κ2) is 9.06. The van der Waals surface area contributed by atoms with Crippen molar-refractivity contribution in [3.63, 3.8) is 0 Å². The van der Waals surface area contributed by atoms with Crippen LogP contribution >= 0.6 is 0 Å². The maximum Gasteiger partial charge on any atom is 0.260 e. The fraction of sp³-hybridized carbons (Fsp3) is 0.417. The van der Waals surface area contributed by atoms with Crippen molar-refractivity contribution in [1.82, 2.24) is 9.80 Å². The van der Waals surface area contributed by atoms with E-state index in [0.717, 1.165) is 19.3 Å². The standard InChI is InChI=1S/C24H27FN2O4/c25-19-6-8-21(9-7-19)31-16-22(29)26-12-10-24(11-13-26)14-20(15-28)27(17-24)23(30)18-4-2-1-3-5-18/h1-9,20,28H,10-17H2. The van der Waals surface area contributed by atoms with E-state index < -0.39 is 0 Å². The summed E-state index contributed by atoms with van der Waals surface area (Å²) in [6.07, 6.45) is 2.31. The highest BCUT2D eigenvalue weighted by Crippen LogP contribution is 2.43. The smallest absolute Gasteiger partial charge is 0.260 e. The largest absolute Gasteiger partial charge is 0.484 e. The Balaban J connectivity index is 1.33. The molecule has 0 radical (unpaired) electrons. The first-order valence-corrected chi connectivity index (χ1v) is 10.6. The molecule has 2 aromatic rings. The summed E-state index contributed by atoms with van der Waals surface area (Å²) in [7, 11) is 0. The van der Waals surface area contributed by atoms with E-state index in [1.807, 2.05) is 18.2 Å². The molecule has 2 amide bonds. The molecule has 2 aromatic carbocycles. The zero-order valence-electron chi connectivity index (χ0n) is 17.4. The second-order valence-corrected chi connectivity index (χ2v) is 8.46. The first kappa shape index (κ1) is 21.3. The Morgan fingerprint density at radius 1 is 1.06 bits per heavy atom. The summed E-state index contributed by atoms with van der Waals surface area (Å²) in [6.45, 7) is 1.64. The molecule has 2 aliphatic rings. The maximum absolute atomic E-state index is 13.0. The number of carbonyl (C=O) groups is 2. The number of amides is 2. The van der Waals surface area contributed by atoms with Crippen molar-refractivity contribution in [2.45, 2.75) is 25.3 Å². The number of piperidine rings is 1. The van der Waals surface area contributed by atoms with E-state index in [1.165, 1.54) is 24.3 Å². The lowest BCUT2D eigenvalue weighted by Crippen LogP contribution is -2.46. The Hall–Kier alpha value is -2.93. The van der Waals surface area contributed by atoms with Gasteiger partial charge < -0.3 is 19.6 Å². The van der Waals surface area contributed by atoms with Crippen LogP contribution in [0.2, 0.25) is 0 Å². The number of aliphatic hydroxyl groups excluding tert-OH is 1. The molecule has 1 unspecified atom stereocenters. The van der Waals surface area contributed by atoms with Crippen molar-refractivity contribution in [2.24, 2.45) is 5.41 Å². The van der Waals surface area contributed by atoms with E-state index in [2.05, 4.69) is 0 Å². The Kier molecular flexibility index (Phi) is 6.23. The molecule has 2 fully saturated rings. The lowest BCUT2D eigenvalue weighted by Gasteiger charge is -2.39. The molecule has 0 bridgehead atoms. The van der Waals surface area contributed by atoms with Crippen LogP contribution in [-0.4, -0.2) is 65.6 Å². The van der Waals surface area contributed by atoms with Crippen molar-refractivity contribution in [3.05, 3.63) is 66.0 Å². The Morgan fingerprint density at radius 2 is 1.74 bits per heavy atom. The van der Waals surface area contributed by atoms with Gasteiger partial charge >= 0.3 is 0 Å². The van der Waals surface area contributed by atoms with Gasteiger partial charge in [-0.3, -0.25) is 9.59 Å². The second-order valence-electron chi connectivity index (χ2n) is 8.46. The molecule has 2 aliphatic heterocycles. The van der Waals surface area contributed by atoms with Crippen LogP contribution in [0.15, 0.2) is 54.6 Å². The molecule has 0 saturated carbocycles. The highest BCUT2D eigenvalue weighted by atomic mass is 19.1. The highest BCUT2D eigenvalue weighted by molar-refractivity contribution is 5.94. The zero-order valence-corrected chi connectivity index (χ0v) is 17.4. The van der Waals surface area contributed by atoms with Crippen molar-refractivity contribution in [1.29, 1.82) is 0 Å². The quantitative estimate of drug-likeness (QED) is 0.798. The Morgan fingerprint density at radius 3 is 2.39 bits per heavy atom. The Labute approximate surface area is 181 Å². The summed E-state index contributed by atoms with van der Waals surface area (Å²) in [4.78, 5) is 29.1. The van der Waals surface area contributed by atoms with Crippen LogP contribution in [0.25, 0.3) is 0 Å². The van der Waals surface area contributed by atoms with Gasteiger partial charge in [0.2, 0.25) is 0 Å². The molecule has 31 heavy (non-hydrogen) atoms. The van der Waals surface area contributed by atoms with Gasteiger partial charge in [-0.2, -0.15) is 0 Å². The number of carbonyl (C=O) groups excluding carboxylic acids is 2. The summed E-state index contributed by atoms with van der Waals surface area (Å²) in [6, 6.07) is 14.5. The van der Waals surface area contributed by atoms with E-state index in [-0.39, 0.29) is 42.3 Å². The lowest BCUT2D eigenvalue weighted by atomic mass is 9.76. The van der Waals surface area contributed by atoms with Crippen LogP contribution in [-0.2, 0) is 4.79 Å². The summed E-state index contributed by atoms with van der Waals surface area (Å²) in [5.74, 6) is -0.0479. The van der Waals surface area contributed by atoms with Gasteiger partial charge in [-0.05, 0) is 61.1 Å². The van der Waals surface area contributed by atoms with Gasteiger partial charge in [0, 0.05) is 25.2 Å². The van der Waals surface area contributed by atoms with Gasteiger partial charge in [0.05, 0.1) is 12.6 Å². The number of benzene rings is 2. The van der Waals surface area contributed by atoms with Crippen molar-refractivity contribution in [3.8, 4) is 5.75 Å². The maximum atomic E-state index is 13.0. The average Bonchev–Trinajstić information content (AvgIpc) is 3.17. The number of likely N-dealkylation sites (tertiary alicyclic amines) is 2. The normalized spacial score (nSPS) is 20.1. The van der Waals surface area contributed by atoms with E-state index in [4.69, 9.17) is 4.74 Å². The van der Waals surface area contributed by atoms with Gasteiger partial charge in [0.15, 0.2) is 6.61 Å². The van der Waals surface area contributed by atoms with Crippen LogP contribution in [0.3, 0.4) is 0 Å². The van der Waals surface area contributed by atoms with Crippen LogP contribution in [0.1, 0.15) is 29.6 Å². The lowest BCUT2D eigenvalue weighted by molar-refractivity contribution is -0.135. The van der Waals surface area contributed by atoms with Crippen LogP contribution in [0, 0.1) is 11.2 Å². The number of halogens is 1. The highest BCUT2D eigenvalue weighted by Gasteiger charge is 2.47. The monoisotopic (exact) mass is 426 g/mol. The predicted octanol–water partition coefficient (Wildman–Crippen LogP) is 2.72. The minimum atomic E-state index is -0.349. The third kappa shape index (κ3) is 4.71. The number of aliphatic hydroxyl groups is 1. The van der Waals surface area contributed by atoms with Gasteiger partial charge in [-0.25, -0.2) is 4.39 Å². The molecule has 6 nitrogen and oxygen atoms in total. The van der Waals surface area contributed by atoms with E-state index in [0.29, 0.717) is 30.9 Å². The molecule has 0 aromatic heterocycles. The van der Waals surface area contributed by atoms with Crippen LogP contribution in [0.5, 0.6) is 5.75 Å². The molecular weight excluding hydrogens is 399 g/mol. The fourth-order valence-corrected chi connectivity index (χ4v) is 4.67. The van der Waals surface area contributed by atoms with Crippen LogP contribution < -0.4 is 4.74 Å². The molecule has 4 rings (SSSR count). The zero-order chi connectivity index (χ0) is 21.8. The predicted molar refractivity (Wildman–Crippen MR) is 113 cm³/mol. The van der Waals surface area contributed by atoms with E-state index in [1.54, 1.807) is 21.9 Å². The molecule has 1 atom stereocenters.